The molecule has 35 heavy (non-hydrogen) atoms. The van der Waals surface area contributed by atoms with Crippen molar-refractivity contribution in [1.29, 1.82) is 0 Å². The van der Waals surface area contributed by atoms with Crippen LogP contribution in [-0.4, -0.2) is 21.5 Å². The van der Waals surface area contributed by atoms with Crippen LogP contribution in [-0.2, 0) is 0 Å². The van der Waals surface area contributed by atoms with E-state index in [9.17, 15) is 9.59 Å². The largest absolute Gasteiger partial charge is 0.286 e. The van der Waals surface area contributed by atoms with E-state index in [2.05, 4.69) is 38.0 Å². The van der Waals surface area contributed by atoms with Crippen LogP contribution in [0, 0.1) is 13.8 Å². The van der Waals surface area contributed by atoms with Crippen LogP contribution < -0.4 is 0 Å². The van der Waals surface area contributed by atoms with Crippen LogP contribution in [0.2, 0.25) is 0 Å². The van der Waals surface area contributed by atoms with Crippen LogP contribution >= 0.6 is 38.6 Å². The first-order valence-electron chi connectivity index (χ1n) is 10.8. The van der Waals surface area contributed by atoms with Crippen molar-refractivity contribution in [2.24, 2.45) is 0 Å². The maximum atomic E-state index is 12.4. The first kappa shape index (κ1) is 24.9. The summed E-state index contributed by atoms with van der Waals surface area (Å²) in [7, 11) is 0. The van der Waals surface area contributed by atoms with Gasteiger partial charge in [-0.2, -0.15) is 0 Å². The minimum absolute atomic E-state index is 0.0131. The van der Waals surface area contributed by atoms with E-state index in [1.54, 1.807) is 30.6 Å². The molecule has 0 spiro atoms. The van der Waals surface area contributed by atoms with Crippen LogP contribution in [0.1, 0.15) is 41.9 Å². The molecule has 5 aromatic rings. The first-order valence-corrected chi connectivity index (χ1v) is 13.2. The summed E-state index contributed by atoms with van der Waals surface area (Å²) in [6.07, 6.45) is 3.27. The number of pyridine rings is 2. The fourth-order valence-corrected chi connectivity index (χ4v) is 5.90. The molecule has 0 N–H and O–H groups in total. The number of aromatic nitrogens is 2. The van der Waals surface area contributed by atoms with E-state index in [0.717, 1.165) is 35.1 Å². The van der Waals surface area contributed by atoms with Gasteiger partial charge in [0.25, 0.3) is 0 Å². The molecular formula is C28H21BrN2O2S2. The van der Waals surface area contributed by atoms with Gasteiger partial charge in [-0.25, -0.2) is 0 Å². The van der Waals surface area contributed by atoms with Gasteiger partial charge in [-0.05, 0) is 82.9 Å². The average molecular weight is 562 g/mol. The van der Waals surface area contributed by atoms with Crippen LogP contribution in [0.5, 0.6) is 0 Å². The smallest absolute Gasteiger partial charge is 0.221 e. The fraction of sp³-hybridized carbons (Fsp3) is 0.0714. The van der Waals surface area contributed by atoms with Gasteiger partial charge in [0.2, 0.25) is 11.6 Å². The number of nitrogens with zero attached hydrogens (tertiary/aromatic N) is 2. The summed E-state index contributed by atoms with van der Waals surface area (Å²) in [4.78, 5) is 35.1. The number of hydrogen-bond donors (Lipinski definition) is 0. The number of halogens is 1. The Morgan fingerprint density at radius 1 is 0.686 bits per heavy atom. The van der Waals surface area contributed by atoms with Crippen LogP contribution in [0.3, 0.4) is 0 Å². The highest BCUT2D eigenvalue weighted by molar-refractivity contribution is 9.11. The number of thiophene rings is 2. The van der Waals surface area contributed by atoms with Crippen LogP contribution in [0.15, 0.2) is 95.0 Å². The van der Waals surface area contributed by atoms with Gasteiger partial charge < -0.3 is 0 Å². The van der Waals surface area contributed by atoms with Crippen LogP contribution in [0.4, 0.5) is 0 Å². The molecule has 0 fully saturated rings. The molecule has 4 heterocycles. The van der Waals surface area contributed by atoms with Crippen molar-refractivity contribution in [1.82, 2.24) is 9.97 Å². The van der Waals surface area contributed by atoms with Crippen molar-refractivity contribution in [3.8, 4) is 10.4 Å². The Morgan fingerprint density at radius 2 is 1.20 bits per heavy atom. The molecular weight excluding hydrogens is 540 g/mol. The number of aryl methyl sites for hydroxylation is 2. The topological polar surface area (TPSA) is 59.9 Å². The predicted molar refractivity (Wildman–Crippen MR) is 147 cm³/mol. The van der Waals surface area contributed by atoms with E-state index in [-0.39, 0.29) is 11.6 Å². The molecule has 5 rings (SSSR count). The molecule has 4 nitrogen and oxygen atoms in total. The summed E-state index contributed by atoms with van der Waals surface area (Å²) < 4.78 is 1.00. The molecule has 0 atom stereocenters. The SMILES string of the molecule is Cc1cc(C(=O)c2ccccn2)sc1-c1ccccc1.Cc1cc(C(=O)c2ccccn2)sc1Br. The lowest BCUT2D eigenvalue weighted by Crippen LogP contribution is -2.00. The van der Waals surface area contributed by atoms with Crippen molar-refractivity contribution in [3.63, 3.8) is 0 Å². The number of carbonyl (C=O) groups is 2. The number of rotatable bonds is 5. The Kier molecular flexibility index (Phi) is 8.13. The molecule has 0 saturated heterocycles. The third-order valence-electron chi connectivity index (χ3n) is 5.05. The minimum atomic E-state index is -0.0191. The minimum Gasteiger partial charge on any atom is -0.286 e. The maximum absolute atomic E-state index is 12.4. The molecule has 0 aliphatic heterocycles. The molecule has 4 aromatic heterocycles. The highest BCUT2D eigenvalue weighted by Gasteiger charge is 2.16. The van der Waals surface area contributed by atoms with Gasteiger partial charge in [0, 0.05) is 17.3 Å². The summed E-state index contributed by atoms with van der Waals surface area (Å²) in [5.74, 6) is -0.0321. The van der Waals surface area contributed by atoms with Crippen molar-refractivity contribution < 1.29 is 9.59 Å². The zero-order valence-electron chi connectivity index (χ0n) is 19.1. The number of benzene rings is 1. The second-order valence-corrected chi connectivity index (χ2v) is 11.1. The van der Waals surface area contributed by atoms with E-state index in [1.807, 2.05) is 62.4 Å². The summed E-state index contributed by atoms with van der Waals surface area (Å²) in [6, 6.07) is 24.7. The third-order valence-corrected chi connectivity index (χ3v) is 8.47. The zero-order valence-corrected chi connectivity index (χ0v) is 22.3. The summed E-state index contributed by atoms with van der Waals surface area (Å²) in [5.41, 5.74) is 4.34. The standard InChI is InChI=1S/C17H13NOS.C11H8BrNOS/c1-12-11-15(16(19)14-9-5-6-10-18-14)20-17(12)13-7-3-2-4-8-13;1-7-6-9(15-11(7)12)10(14)8-4-2-3-5-13-8/h2-11H,1H3;2-6H,1H3. The van der Waals surface area contributed by atoms with E-state index < -0.39 is 0 Å². The average Bonchev–Trinajstić information content (AvgIpc) is 3.46. The van der Waals surface area contributed by atoms with Gasteiger partial charge in [-0.15, -0.1) is 22.7 Å². The molecule has 0 aliphatic rings. The third kappa shape index (κ3) is 6.06. The number of ketones is 2. The number of carbonyl (C=O) groups excluding carboxylic acids is 2. The second-order valence-electron chi connectivity index (χ2n) is 7.64. The normalized spacial score (nSPS) is 10.4. The van der Waals surface area contributed by atoms with Gasteiger partial charge >= 0.3 is 0 Å². The van der Waals surface area contributed by atoms with Gasteiger partial charge in [-0.3, -0.25) is 19.6 Å². The van der Waals surface area contributed by atoms with Crippen molar-refractivity contribution >= 4 is 50.2 Å². The Morgan fingerprint density at radius 3 is 1.69 bits per heavy atom. The Hall–Kier alpha value is -3.26. The van der Waals surface area contributed by atoms with Crippen LogP contribution in [0.25, 0.3) is 10.4 Å². The lowest BCUT2D eigenvalue weighted by molar-refractivity contribution is 0.103. The van der Waals surface area contributed by atoms with Gasteiger partial charge in [0.1, 0.15) is 11.4 Å². The molecule has 1 aromatic carbocycles. The lowest BCUT2D eigenvalue weighted by Gasteiger charge is -1.98. The maximum Gasteiger partial charge on any atom is 0.221 e. The number of hydrogen-bond acceptors (Lipinski definition) is 6. The molecule has 0 aliphatic carbocycles. The molecule has 0 amide bonds. The molecule has 174 valence electrons. The van der Waals surface area contributed by atoms with Crippen molar-refractivity contribution in [2.75, 3.05) is 0 Å². The molecule has 0 saturated carbocycles. The van der Waals surface area contributed by atoms with Crippen molar-refractivity contribution in [2.45, 2.75) is 13.8 Å². The van der Waals surface area contributed by atoms with Crippen molar-refractivity contribution in [3.05, 3.63) is 127 Å². The van der Waals surface area contributed by atoms with Gasteiger partial charge in [0.15, 0.2) is 0 Å². The second kappa shape index (κ2) is 11.4. The van der Waals surface area contributed by atoms with E-state index in [4.69, 9.17) is 0 Å². The molecule has 7 heteroatoms. The van der Waals surface area contributed by atoms with E-state index in [1.165, 1.54) is 22.7 Å². The highest BCUT2D eigenvalue weighted by Crippen LogP contribution is 2.33. The zero-order chi connectivity index (χ0) is 24.8. The van der Waals surface area contributed by atoms with E-state index in [0.29, 0.717) is 11.4 Å². The molecule has 0 unspecified atom stereocenters. The Balaban J connectivity index is 0.000000172. The Bertz CT molecular complexity index is 1430. The van der Waals surface area contributed by atoms with E-state index >= 15 is 0 Å². The fourth-order valence-electron chi connectivity index (χ4n) is 3.29. The first-order chi connectivity index (χ1) is 16.9. The quantitative estimate of drug-likeness (QED) is 0.206. The monoisotopic (exact) mass is 560 g/mol. The lowest BCUT2D eigenvalue weighted by atomic mass is 10.1. The highest BCUT2D eigenvalue weighted by atomic mass is 79.9. The Labute approximate surface area is 220 Å². The summed E-state index contributed by atoms with van der Waals surface area (Å²) in [5, 5.41) is 0. The van der Waals surface area contributed by atoms with Gasteiger partial charge in [-0.1, -0.05) is 42.5 Å². The van der Waals surface area contributed by atoms with Gasteiger partial charge in [0.05, 0.1) is 13.5 Å². The summed E-state index contributed by atoms with van der Waals surface area (Å²) >= 11 is 6.37. The molecule has 0 radical (unpaired) electrons. The predicted octanol–water partition coefficient (Wildman–Crippen LogP) is 7.79. The summed E-state index contributed by atoms with van der Waals surface area (Å²) in [6.45, 7) is 4.00. The molecule has 0 bridgehead atoms.